The molecular weight excluding hydrogens is 414 g/mol. The molecule has 2 aromatic heterocycles. The zero-order valence-corrected chi connectivity index (χ0v) is 18.2. The number of amides is 1. The first-order valence-electron chi connectivity index (χ1n) is 10.4. The standard InChI is InChI=1S/C23H23N3O4S/c1-3-29-23(28)14-6-4-13(5-7-14)16-8-9-17(30-16)20-24-21(27)19-15-10-11-26(2)12-18(15)31-22(19)25-20/h4-9,20,25H,3,10-12H2,1-2H3,(H,24,27)/p+1/t20-/m1/s1. The molecule has 5 rings (SSSR count). The van der Waals surface area contributed by atoms with Crippen molar-refractivity contribution in [2.75, 3.05) is 25.5 Å². The SMILES string of the molecule is CCOC(=O)c1ccc(-c2ccc([C@@H]3NC(=O)c4c(sc5c4CC[NH+](C)C5)N3)o2)cc1. The van der Waals surface area contributed by atoms with E-state index in [1.807, 2.05) is 24.3 Å². The number of anilines is 1. The Kier molecular flexibility index (Phi) is 5.03. The Balaban J connectivity index is 1.36. The zero-order chi connectivity index (χ0) is 21.5. The topological polar surface area (TPSA) is 85.0 Å². The normalized spacial score (nSPS) is 19.7. The van der Waals surface area contributed by atoms with Crippen LogP contribution in [0.5, 0.6) is 0 Å². The van der Waals surface area contributed by atoms with Crippen LogP contribution in [-0.4, -0.2) is 32.1 Å². The van der Waals surface area contributed by atoms with Crippen molar-refractivity contribution in [3.8, 4) is 11.3 Å². The first kappa shape index (κ1) is 19.8. The summed E-state index contributed by atoms with van der Waals surface area (Å²) in [5.74, 6) is 0.915. The highest BCUT2D eigenvalue weighted by atomic mass is 32.1. The lowest BCUT2D eigenvalue weighted by atomic mass is 10.0. The number of benzene rings is 1. The fourth-order valence-corrected chi connectivity index (χ4v) is 5.51. The number of nitrogens with one attached hydrogen (secondary N) is 3. The first-order valence-corrected chi connectivity index (χ1v) is 11.3. The van der Waals surface area contributed by atoms with E-state index in [1.54, 1.807) is 30.4 Å². The number of hydrogen-bond acceptors (Lipinski definition) is 6. The number of ether oxygens (including phenoxy) is 1. The van der Waals surface area contributed by atoms with Crippen LogP contribution in [0.2, 0.25) is 0 Å². The highest BCUT2D eigenvalue weighted by Gasteiger charge is 2.34. The molecule has 3 N–H and O–H groups in total. The van der Waals surface area contributed by atoms with Crippen molar-refractivity contribution in [3.05, 3.63) is 63.7 Å². The quantitative estimate of drug-likeness (QED) is 0.546. The van der Waals surface area contributed by atoms with Gasteiger partial charge in [0.05, 0.1) is 36.2 Å². The predicted octanol–water partition coefficient (Wildman–Crippen LogP) is 2.61. The number of carbonyl (C=O) groups is 2. The minimum Gasteiger partial charge on any atom is -0.462 e. The van der Waals surface area contributed by atoms with Gasteiger partial charge in [-0.15, -0.1) is 11.3 Å². The number of rotatable bonds is 4. The Morgan fingerprint density at radius 1 is 1.23 bits per heavy atom. The van der Waals surface area contributed by atoms with Crippen molar-refractivity contribution in [3.63, 3.8) is 0 Å². The average molecular weight is 439 g/mol. The third-order valence-corrected chi connectivity index (χ3v) is 6.89. The Bertz CT molecular complexity index is 1150. The van der Waals surface area contributed by atoms with Crippen molar-refractivity contribution >= 4 is 28.2 Å². The molecule has 0 aliphatic carbocycles. The molecule has 1 unspecified atom stereocenters. The van der Waals surface area contributed by atoms with Gasteiger partial charge < -0.3 is 24.7 Å². The number of hydrogen-bond donors (Lipinski definition) is 3. The van der Waals surface area contributed by atoms with Gasteiger partial charge in [-0.1, -0.05) is 12.1 Å². The lowest BCUT2D eigenvalue weighted by molar-refractivity contribution is -0.895. The molecule has 4 heterocycles. The molecule has 8 heteroatoms. The van der Waals surface area contributed by atoms with Gasteiger partial charge in [0, 0.05) is 12.0 Å². The summed E-state index contributed by atoms with van der Waals surface area (Å²) in [5, 5.41) is 7.40. The van der Waals surface area contributed by atoms with Crippen LogP contribution in [0.1, 0.15) is 50.0 Å². The molecule has 2 atom stereocenters. The number of furan rings is 1. The van der Waals surface area contributed by atoms with Crippen LogP contribution >= 0.6 is 11.3 Å². The van der Waals surface area contributed by atoms with Crippen molar-refractivity contribution in [2.24, 2.45) is 0 Å². The summed E-state index contributed by atoms with van der Waals surface area (Å²) in [4.78, 5) is 27.5. The Labute approximate surface area is 184 Å². The van der Waals surface area contributed by atoms with Crippen molar-refractivity contribution in [2.45, 2.75) is 26.1 Å². The van der Waals surface area contributed by atoms with Crippen LogP contribution in [0.3, 0.4) is 0 Å². The molecule has 2 aliphatic rings. The molecule has 0 fully saturated rings. The molecule has 0 saturated carbocycles. The molecule has 0 spiro atoms. The van der Waals surface area contributed by atoms with Crippen LogP contribution in [0.4, 0.5) is 5.00 Å². The van der Waals surface area contributed by atoms with Crippen molar-refractivity contribution < 1.29 is 23.6 Å². The largest absolute Gasteiger partial charge is 0.462 e. The average Bonchev–Trinajstić information content (AvgIpc) is 3.38. The molecule has 7 nitrogen and oxygen atoms in total. The number of thiophene rings is 1. The number of fused-ring (bicyclic) bond motifs is 3. The summed E-state index contributed by atoms with van der Waals surface area (Å²) < 4.78 is 11.1. The smallest absolute Gasteiger partial charge is 0.338 e. The maximum atomic E-state index is 12.9. The summed E-state index contributed by atoms with van der Waals surface area (Å²) in [6.07, 6.45) is 0.511. The van der Waals surface area contributed by atoms with Gasteiger partial charge in [-0.25, -0.2) is 4.79 Å². The first-order chi connectivity index (χ1) is 15.0. The fourth-order valence-electron chi connectivity index (χ4n) is 4.12. The van der Waals surface area contributed by atoms with E-state index >= 15 is 0 Å². The Morgan fingerprint density at radius 2 is 2.03 bits per heavy atom. The summed E-state index contributed by atoms with van der Waals surface area (Å²) in [6, 6.07) is 10.8. The zero-order valence-electron chi connectivity index (χ0n) is 17.4. The molecule has 0 radical (unpaired) electrons. The molecule has 31 heavy (non-hydrogen) atoms. The molecule has 1 aromatic carbocycles. The van der Waals surface area contributed by atoms with E-state index in [1.165, 1.54) is 15.3 Å². The van der Waals surface area contributed by atoms with E-state index in [9.17, 15) is 9.59 Å². The van der Waals surface area contributed by atoms with Gasteiger partial charge in [0.15, 0.2) is 6.17 Å². The van der Waals surface area contributed by atoms with E-state index in [4.69, 9.17) is 9.15 Å². The summed E-state index contributed by atoms with van der Waals surface area (Å²) in [6.45, 7) is 4.13. The molecular formula is C23H24N3O4S+. The summed E-state index contributed by atoms with van der Waals surface area (Å²) in [7, 11) is 2.18. The van der Waals surface area contributed by atoms with Crippen LogP contribution in [0, 0.1) is 0 Å². The predicted molar refractivity (Wildman–Crippen MR) is 117 cm³/mol. The maximum Gasteiger partial charge on any atom is 0.338 e. The van der Waals surface area contributed by atoms with E-state index in [0.29, 0.717) is 23.7 Å². The maximum absolute atomic E-state index is 12.9. The third kappa shape index (κ3) is 3.62. The second-order valence-electron chi connectivity index (χ2n) is 7.89. The van der Waals surface area contributed by atoms with Gasteiger partial charge in [-0.05, 0) is 36.8 Å². The second kappa shape index (κ2) is 7.86. The summed E-state index contributed by atoms with van der Waals surface area (Å²) >= 11 is 1.68. The van der Waals surface area contributed by atoms with Gasteiger partial charge >= 0.3 is 5.97 Å². The second-order valence-corrected chi connectivity index (χ2v) is 9.00. The minimum atomic E-state index is -0.419. The molecule has 1 amide bonds. The summed E-state index contributed by atoms with van der Waals surface area (Å²) in [5.41, 5.74) is 3.33. The molecule has 0 bridgehead atoms. The van der Waals surface area contributed by atoms with Gasteiger partial charge in [0.2, 0.25) is 0 Å². The van der Waals surface area contributed by atoms with E-state index < -0.39 is 6.17 Å². The monoisotopic (exact) mass is 438 g/mol. The van der Waals surface area contributed by atoms with E-state index in [2.05, 4.69) is 17.7 Å². The van der Waals surface area contributed by atoms with Gasteiger partial charge in [0.25, 0.3) is 5.91 Å². The number of quaternary nitrogens is 1. The van der Waals surface area contributed by atoms with Crippen LogP contribution in [-0.2, 0) is 17.7 Å². The lowest BCUT2D eigenvalue weighted by Crippen LogP contribution is -3.08. The van der Waals surface area contributed by atoms with Gasteiger partial charge in [0.1, 0.15) is 23.1 Å². The third-order valence-electron chi connectivity index (χ3n) is 5.72. The number of likely N-dealkylation sites (N-methyl/N-ethyl adjacent to an activating group) is 1. The van der Waals surface area contributed by atoms with Crippen molar-refractivity contribution in [1.82, 2.24) is 5.32 Å². The van der Waals surface area contributed by atoms with E-state index in [0.717, 1.165) is 35.6 Å². The lowest BCUT2D eigenvalue weighted by Gasteiger charge is -2.25. The highest BCUT2D eigenvalue weighted by molar-refractivity contribution is 7.16. The van der Waals surface area contributed by atoms with Crippen LogP contribution in [0.25, 0.3) is 11.3 Å². The van der Waals surface area contributed by atoms with Crippen molar-refractivity contribution in [1.29, 1.82) is 0 Å². The van der Waals surface area contributed by atoms with E-state index in [-0.39, 0.29) is 11.9 Å². The van der Waals surface area contributed by atoms with Crippen LogP contribution < -0.4 is 15.5 Å². The molecule has 0 saturated heterocycles. The van der Waals surface area contributed by atoms with Gasteiger partial charge in [-0.2, -0.15) is 0 Å². The molecule has 3 aromatic rings. The molecule has 2 aliphatic heterocycles. The number of esters is 1. The van der Waals surface area contributed by atoms with Crippen LogP contribution in [0.15, 0.2) is 40.8 Å². The minimum absolute atomic E-state index is 0.0486. The number of carbonyl (C=O) groups excluding carboxylic acids is 2. The molecule has 160 valence electrons. The Morgan fingerprint density at radius 3 is 2.81 bits per heavy atom. The highest BCUT2D eigenvalue weighted by Crippen LogP contribution is 2.39. The van der Waals surface area contributed by atoms with Gasteiger partial charge in [-0.3, -0.25) is 4.79 Å². The fraction of sp³-hybridized carbons (Fsp3) is 0.304. The Hall–Kier alpha value is -3.10.